The zero-order valence-corrected chi connectivity index (χ0v) is 9.19. The molecule has 0 aliphatic carbocycles. The summed E-state index contributed by atoms with van der Waals surface area (Å²) in [6.45, 7) is 0. The summed E-state index contributed by atoms with van der Waals surface area (Å²) in [5.41, 5.74) is 0.859. The molecule has 0 unspecified atom stereocenters. The number of nitrogens with zero attached hydrogens (tertiary/aromatic N) is 4. The molecule has 0 aliphatic rings. The summed E-state index contributed by atoms with van der Waals surface area (Å²) in [4.78, 5) is 3.97. The Morgan fingerprint density at radius 3 is 2.85 bits per heavy atom. The molecule has 4 nitrogen and oxygen atoms in total. The smallest absolute Gasteiger partial charge is 0.110 e. The van der Waals surface area contributed by atoms with Gasteiger partial charge in [-0.2, -0.15) is 5.10 Å². The molecule has 0 spiro atoms. The third-order valence-electron chi connectivity index (χ3n) is 1.56. The Morgan fingerprint density at radius 1 is 1.46 bits per heavy atom. The number of aromatic nitrogens is 4. The van der Waals surface area contributed by atoms with Crippen LogP contribution in [0.2, 0.25) is 0 Å². The van der Waals surface area contributed by atoms with Gasteiger partial charge in [0.05, 0.1) is 5.82 Å². The van der Waals surface area contributed by atoms with Gasteiger partial charge in [-0.05, 0) is 0 Å². The fraction of sp³-hybridized carbons (Fsp3) is 0.125. The van der Waals surface area contributed by atoms with Gasteiger partial charge >= 0.3 is 0 Å². The van der Waals surface area contributed by atoms with E-state index in [4.69, 9.17) is 0 Å². The van der Waals surface area contributed by atoms with Crippen molar-refractivity contribution < 1.29 is 21.1 Å². The van der Waals surface area contributed by atoms with Crippen LogP contribution in [0.4, 0.5) is 0 Å². The van der Waals surface area contributed by atoms with Gasteiger partial charge in [0.2, 0.25) is 0 Å². The summed E-state index contributed by atoms with van der Waals surface area (Å²) in [5.74, 6) is 0.781. The molecule has 5 heteroatoms. The normalized spacial score (nSPS) is 9.31. The zero-order valence-electron chi connectivity index (χ0n) is 6.91. The Balaban J connectivity index is 0.000000845. The van der Waals surface area contributed by atoms with Crippen LogP contribution in [0.5, 0.6) is 0 Å². The number of pyridine rings is 1. The number of hydrogen-bond acceptors (Lipinski definition) is 3. The van der Waals surface area contributed by atoms with Crippen LogP contribution >= 0.6 is 0 Å². The summed E-state index contributed by atoms with van der Waals surface area (Å²) in [5, 5.41) is 7.69. The fourth-order valence-corrected chi connectivity index (χ4v) is 0.974. The first kappa shape index (κ1) is 10.1. The second kappa shape index (κ2) is 4.28. The van der Waals surface area contributed by atoms with Crippen molar-refractivity contribution in [1.29, 1.82) is 0 Å². The molecule has 0 saturated heterocycles. The molecule has 2 rings (SSSR count). The Kier molecular flexibility index (Phi) is 3.31. The molecule has 0 amide bonds. The van der Waals surface area contributed by atoms with Crippen molar-refractivity contribution >= 4 is 0 Å². The van der Waals surface area contributed by atoms with E-state index in [1.165, 1.54) is 0 Å². The average Bonchev–Trinajstić information content (AvgIpc) is 2.53. The zero-order chi connectivity index (χ0) is 8.39. The maximum absolute atomic E-state index is 3.97. The molecule has 0 saturated carbocycles. The van der Waals surface area contributed by atoms with E-state index < -0.39 is 0 Å². The Hall–Kier alpha value is -1.02. The molecule has 70 valence electrons. The molecular weight excluding hydrogens is 347 g/mol. The maximum Gasteiger partial charge on any atom is 0.110 e. The van der Waals surface area contributed by atoms with E-state index >= 15 is 0 Å². The standard InChI is InChI=1S/C8H7N4.Pt/c1-12-6-10-11-8(12)7-3-2-4-9-5-7;/h2,4-6H,1H3;/q-1;. The van der Waals surface area contributed by atoms with Crippen LogP contribution in [0.25, 0.3) is 11.4 Å². The van der Waals surface area contributed by atoms with Gasteiger partial charge in [-0.15, -0.1) is 17.2 Å². The van der Waals surface area contributed by atoms with Crippen LogP contribution < -0.4 is 0 Å². The number of rotatable bonds is 1. The average molecular weight is 354 g/mol. The third-order valence-corrected chi connectivity index (χ3v) is 1.56. The molecule has 0 radical (unpaired) electrons. The van der Waals surface area contributed by atoms with Crippen LogP contribution in [0, 0.1) is 6.07 Å². The van der Waals surface area contributed by atoms with E-state index in [9.17, 15) is 0 Å². The summed E-state index contributed by atoms with van der Waals surface area (Å²) in [6.07, 6.45) is 5.04. The Labute approximate surface area is 90.3 Å². The van der Waals surface area contributed by atoms with E-state index in [1.807, 2.05) is 11.6 Å². The van der Waals surface area contributed by atoms with E-state index in [1.54, 1.807) is 24.8 Å². The topological polar surface area (TPSA) is 43.6 Å². The molecule has 13 heavy (non-hydrogen) atoms. The van der Waals surface area contributed by atoms with Gasteiger partial charge < -0.3 is 9.55 Å². The third kappa shape index (κ3) is 2.01. The molecule has 0 aliphatic heterocycles. The monoisotopic (exact) mass is 354 g/mol. The van der Waals surface area contributed by atoms with Crippen LogP contribution in [0.15, 0.2) is 24.8 Å². The number of hydrogen-bond donors (Lipinski definition) is 0. The summed E-state index contributed by atoms with van der Waals surface area (Å²) in [7, 11) is 1.89. The van der Waals surface area contributed by atoms with Crippen LogP contribution in [-0.4, -0.2) is 19.7 Å². The minimum absolute atomic E-state index is 0. The van der Waals surface area contributed by atoms with Gasteiger partial charge in [0.15, 0.2) is 0 Å². The van der Waals surface area contributed by atoms with Crippen molar-refractivity contribution in [3.8, 4) is 11.4 Å². The van der Waals surface area contributed by atoms with Crippen molar-refractivity contribution in [2.45, 2.75) is 0 Å². The molecule has 0 bridgehead atoms. The van der Waals surface area contributed by atoms with Crippen LogP contribution in [-0.2, 0) is 28.1 Å². The molecule has 0 atom stereocenters. The Bertz CT molecular complexity index is 371. The van der Waals surface area contributed by atoms with Gasteiger partial charge in [0.25, 0.3) is 0 Å². The van der Waals surface area contributed by atoms with Crippen molar-refractivity contribution in [3.05, 3.63) is 30.9 Å². The Morgan fingerprint density at radius 2 is 2.31 bits per heavy atom. The second-order valence-corrected chi connectivity index (χ2v) is 2.42. The molecule has 2 aromatic heterocycles. The van der Waals surface area contributed by atoms with Crippen LogP contribution in [0.1, 0.15) is 0 Å². The fourth-order valence-electron chi connectivity index (χ4n) is 0.974. The first-order valence-electron chi connectivity index (χ1n) is 3.54. The first-order chi connectivity index (χ1) is 5.88. The molecular formula is C8H7N4Pt-. The molecule has 2 aromatic rings. The maximum atomic E-state index is 3.97. The van der Waals surface area contributed by atoms with Crippen LogP contribution in [0.3, 0.4) is 0 Å². The van der Waals surface area contributed by atoms with E-state index in [-0.39, 0.29) is 21.1 Å². The molecule has 0 fully saturated rings. The summed E-state index contributed by atoms with van der Waals surface area (Å²) >= 11 is 0. The largest absolute Gasteiger partial charge is 0.360 e. The predicted molar refractivity (Wildman–Crippen MR) is 43.1 cm³/mol. The van der Waals surface area contributed by atoms with Crippen molar-refractivity contribution in [2.24, 2.45) is 7.05 Å². The van der Waals surface area contributed by atoms with Crippen molar-refractivity contribution in [2.75, 3.05) is 0 Å². The van der Waals surface area contributed by atoms with Crippen molar-refractivity contribution in [3.63, 3.8) is 0 Å². The van der Waals surface area contributed by atoms with E-state index in [0.717, 1.165) is 11.4 Å². The quantitative estimate of drug-likeness (QED) is 0.708. The van der Waals surface area contributed by atoms with Gasteiger partial charge in [0, 0.05) is 28.1 Å². The predicted octanol–water partition coefficient (Wildman–Crippen LogP) is 0.675. The molecule has 2 heterocycles. The minimum Gasteiger partial charge on any atom is -0.360 e. The van der Waals surface area contributed by atoms with Crippen molar-refractivity contribution in [1.82, 2.24) is 19.7 Å². The number of aryl methyl sites for hydroxylation is 1. The van der Waals surface area contributed by atoms with Gasteiger partial charge in [-0.3, -0.25) is 0 Å². The molecule has 0 N–H and O–H groups in total. The summed E-state index contributed by atoms with van der Waals surface area (Å²) < 4.78 is 1.83. The minimum atomic E-state index is 0. The second-order valence-electron chi connectivity index (χ2n) is 2.42. The van der Waals surface area contributed by atoms with E-state index in [0.29, 0.717) is 0 Å². The van der Waals surface area contributed by atoms with Gasteiger partial charge in [-0.1, -0.05) is 18.0 Å². The van der Waals surface area contributed by atoms with E-state index in [2.05, 4.69) is 21.2 Å². The van der Waals surface area contributed by atoms with Gasteiger partial charge in [-0.25, -0.2) is 0 Å². The van der Waals surface area contributed by atoms with Gasteiger partial charge in [0.1, 0.15) is 6.33 Å². The first-order valence-corrected chi connectivity index (χ1v) is 3.54. The molecule has 0 aromatic carbocycles. The summed E-state index contributed by atoms with van der Waals surface area (Å²) in [6, 6.07) is 4.78. The SMILES string of the molecule is Cn1cnnc1-c1[c-]ccnc1.[Pt].